The van der Waals surface area contributed by atoms with E-state index in [0.717, 1.165) is 11.1 Å². The molecule has 0 saturated heterocycles. The predicted molar refractivity (Wildman–Crippen MR) is 93.3 cm³/mol. The van der Waals surface area contributed by atoms with Crippen molar-refractivity contribution in [2.75, 3.05) is 0 Å². The van der Waals surface area contributed by atoms with E-state index in [9.17, 15) is 14.9 Å². The van der Waals surface area contributed by atoms with Crippen LogP contribution in [-0.4, -0.2) is 10.7 Å². The number of benzene rings is 2. The first-order chi connectivity index (χ1) is 12.1. The lowest BCUT2D eigenvalue weighted by molar-refractivity contribution is -0.683. The third-order valence-corrected chi connectivity index (χ3v) is 3.94. The maximum Gasteiger partial charge on any atom is 0.269 e. The van der Waals surface area contributed by atoms with Crippen LogP contribution in [0.1, 0.15) is 21.5 Å². The maximum atomic E-state index is 12.2. The largest absolute Gasteiger partial charge is 1.00 e. The standard InChI is InChI=1S/C20H17N2O3.BrH/c23-20(18-4-2-1-3-5-18)15-21-12-10-17(11-13-21)14-16-6-8-19(9-7-16)22(24)25;/h1-13H,14-15H2;1H/q+1;/p-1. The molecule has 132 valence electrons. The first-order valence-corrected chi connectivity index (χ1v) is 7.91. The van der Waals surface area contributed by atoms with E-state index in [4.69, 9.17) is 0 Å². The van der Waals surface area contributed by atoms with Crippen LogP contribution < -0.4 is 21.5 Å². The van der Waals surface area contributed by atoms with Crippen molar-refractivity contribution in [3.8, 4) is 0 Å². The SMILES string of the molecule is O=C(C[n+]1ccc(Cc2ccc([N+](=O)[O-])cc2)cc1)c1ccccc1.[Br-]. The van der Waals surface area contributed by atoms with Gasteiger partial charge in [0.25, 0.3) is 5.69 Å². The number of ketones is 1. The smallest absolute Gasteiger partial charge is 0.269 e. The molecule has 1 aromatic heterocycles. The van der Waals surface area contributed by atoms with Gasteiger partial charge >= 0.3 is 0 Å². The van der Waals surface area contributed by atoms with Gasteiger partial charge in [-0.3, -0.25) is 14.9 Å². The molecule has 0 bridgehead atoms. The number of hydrogen-bond acceptors (Lipinski definition) is 3. The summed E-state index contributed by atoms with van der Waals surface area (Å²) >= 11 is 0. The van der Waals surface area contributed by atoms with Crippen molar-refractivity contribution in [2.24, 2.45) is 0 Å². The molecule has 2 aromatic carbocycles. The van der Waals surface area contributed by atoms with Gasteiger partial charge in [-0.25, -0.2) is 0 Å². The number of hydrogen-bond donors (Lipinski definition) is 0. The molecule has 0 spiro atoms. The zero-order chi connectivity index (χ0) is 17.6. The number of carbonyl (C=O) groups is 1. The Kier molecular flexibility index (Phi) is 6.74. The number of rotatable bonds is 6. The van der Waals surface area contributed by atoms with Crippen molar-refractivity contribution >= 4 is 11.5 Å². The van der Waals surface area contributed by atoms with Crippen LogP contribution in [0.15, 0.2) is 79.1 Å². The molecule has 0 saturated carbocycles. The fourth-order valence-electron chi connectivity index (χ4n) is 2.56. The van der Waals surface area contributed by atoms with E-state index in [-0.39, 0.29) is 28.5 Å². The number of nitrogens with zero attached hydrogens (tertiary/aromatic N) is 2. The summed E-state index contributed by atoms with van der Waals surface area (Å²) in [5.74, 6) is 0.0636. The lowest BCUT2D eigenvalue weighted by atomic mass is 10.1. The quantitative estimate of drug-likeness (QED) is 0.254. The zero-order valence-electron chi connectivity index (χ0n) is 13.9. The maximum absolute atomic E-state index is 12.2. The highest BCUT2D eigenvalue weighted by molar-refractivity contribution is 5.94. The number of aromatic nitrogens is 1. The third kappa shape index (κ3) is 5.07. The average Bonchev–Trinajstić information content (AvgIpc) is 2.64. The summed E-state index contributed by atoms with van der Waals surface area (Å²) < 4.78 is 1.84. The number of carbonyl (C=O) groups excluding carboxylic acids is 1. The Morgan fingerprint density at radius 2 is 1.46 bits per heavy atom. The average molecular weight is 413 g/mol. The first-order valence-electron chi connectivity index (χ1n) is 7.91. The molecular weight excluding hydrogens is 396 g/mol. The van der Waals surface area contributed by atoms with E-state index in [2.05, 4.69) is 0 Å². The number of nitro benzene ring substituents is 1. The van der Waals surface area contributed by atoms with Crippen molar-refractivity contribution in [1.29, 1.82) is 0 Å². The minimum absolute atomic E-state index is 0. The van der Waals surface area contributed by atoms with Crippen LogP contribution in [0.25, 0.3) is 0 Å². The lowest BCUT2D eigenvalue weighted by Crippen LogP contribution is -3.00. The van der Waals surface area contributed by atoms with Crippen LogP contribution in [-0.2, 0) is 13.0 Å². The molecule has 5 nitrogen and oxygen atoms in total. The molecule has 0 aliphatic rings. The van der Waals surface area contributed by atoms with Crippen molar-refractivity contribution in [1.82, 2.24) is 0 Å². The van der Waals surface area contributed by atoms with Crippen LogP contribution in [0, 0.1) is 10.1 Å². The highest BCUT2D eigenvalue weighted by Gasteiger charge is 2.11. The summed E-state index contributed by atoms with van der Waals surface area (Å²) in [6.45, 7) is 0.293. The molecule has 26 heavy (non-hydrogen) atoms. The van der Waals surface area contributed by atoms with Crippen LogP contribution in [0.2, 0.25) is 0 Å². The topological polar surface area (TPSA) is 64.1 Å². The molecular formula is C20H17BrN2O3. The summed E-state index contributed by atoms with van der Waals surface area (Å²) in [6.07, 6.45) is 4.44. The molecule has 3 rings (SSSR count). The van der Waals surface area contributed by atoms with Crippen molar-refractivity contribution in [2.45, 2.75) is 13.0 Å². The minimum Gasteiger partial charge on any atom is -1.00 e. The monoisotopic (exact) mass is 412 g/mol. The Hall–Kier alpha value is -2.86. The molecule has 6 heteroatoms. The van der Waals surface area contributed by atoms with Gasteiger partial charge in [0, 0.05) is 29.8 Å². The molecule has 0 unspecified atom stereocenters. The van der Waals surface area contributed by atoms with Gasteiger partial charge in [0.1, 0.15) is 0 Å². The lowest BCUT2D eigenvalue weighted by Gasteiger charge is -2.02. The van der Waals surface area contributed by atoms with Crippen molar-refractivity contribution in [3.05, 3.63) is 106 Å². The Morgan fingerprint density at radius 1 is 0.885 bits per heavy atom. The molecule has 0 N–H and O–H groups in total. The fourth-order valence-corrected chi connectivity index (χ4v) is 2.56. The number of pyridine rings is 1. The van der Waals surface area contributed by atoms with E-state index >= 15 is 0 Å². The van der Waals surface area contributed by atoms with E-state index < -0.39 is 4.92 Å². The molecule has 3 aromatic rings. The van der Waals surface area contributed by atoms with E-state index in [1.54, 1.807) is 12.1 Å². The highest BCUT2D eigenvalue weighted by atomic mass is 79.9. The second-order valence-electron chi connectivity index (χ2n) is 5.77. The minimum atomic E-state index is -0.404. The van der Waals surface area contributed by atoms with Crippen LogP contribution in [0.3, 0.4) is 0 Å². The van der Waals surface area contributed by atoms with Gasteiger partial charge in [-0.2, -0.15) is 4.57 Å². The van der Waals surface area contributed by atoms with E-state index in [1.165, 1.54) is 12.1 Å². The normalized spacial score (nSPS) is 10.0. The summed E-state index contributed by atoms with van der Waals surface area (Å²) in [6, 6.07) is 19.7. The Balaban J connectivity index is 0.00000243. The van der Waals surface area contributed by atoms with Gasteiger partial charge < -0.3 is 17.0 Å². The number of non-ortho nitro benzene ring substituents is 1. The summed E-state index contributed by atoms with van der Waals surface area (Å²) in [5.41, 5.74) is 2.88. The van der Waals surface area contributed by atoms with Gasteiger partial charge in [0.15, 0.2) is 12.4 Å². The highest BCUT2D eigenvalue weighted by Crippen LogP contribution is 2.14. The van der Waals surface area contributed by atoms with Gasteiger partial charge in [-0.15, -0.1) is 0 Å². The summed E-state index contributed by atoms with van der Waals surface area (Å²) in [7, 11) is 0. The molecule has 0 amide bonds. The van der Waals surface area contributed by atoms with Crippen LogP contribution >= 0.6 is 0 Å². The van der Waals surface area contributed by atoms with E-state index in [1.807, 2.05) is 59.4 Å². The molecule has 0 aliphatic heterocycles. The summed E-state index contributed by atoms with van der Waals surface area (Å²) in [5, 5.41) is 10.7. The first kappa shape index (κ1) is 19.5. The second-order valence-corrected chi connectivity index (χ2v) is 5.77. The Labute approximate surface area is 161 Å². The number of halogens is 1. The molecule has 0 fully saturated rings. The second kappa shape index (κ2) is 9.01. The van der Waals surface area contributed by atoms with Gasteiger partial charge in [-0.1, -0.05) is 42.5 Å². The molecule has 0 aliphatic carbocycles. The van der Waals surface area contributed by atoms with Crippen molar-refractivity contribution in [3.63, 3.8) is 0 Å². The van der Waals surface area contributed by atoms with E-state index in [0.29, 0.717) is 18.5 Å². The molecule has 0 radical (unpaired) electrons. The Morgan fingerprint density at radius 3 is 2.04 bits per heavy atom. The number of nitro groups is 1. The van der Waals surface area contributed by atoms with Gasteiger partial charge in [0.05, 0.1) is 4.92 Å². The predicted octanol–water partition coefficient (Wildman–Crippen LogP) is 0.360. The van der Waals surface area contributed by atoms with Crippen LogP contribution in [0.4, 0.5) is 5.69 Å². The van der Waals surface area contributed by atoms with Gasteiger partial charge in [0.2, 0.25) is 12.3 Å². The fraction of sp³-hybridized carbons (Fsp3) is 0.100. The molecule has 1 heterocycles. The van der Waals surface area contributed by atoms with Crippen LogP contribution in [0.5, 0.6) is 0 Å². The zero-order valence-corrected chi connectivity index (χ0v) is 15.5. The molecule has 0 atom stereocenters. The van der Waals surface area contributed by atoms with Gasteiger partial charge in [-0.05, 0) is 17.5 Å². The third-order valence-electron chi connectivity index (χ3n) is 3.94. The number of Topliss-reactive ketones (excluding diaryl/α,β-unsaturated/α-hetero) is 1. The summed E-state index contributed by atoms with van der Waals surface area (Å²) in [4.78, 5) is 22.5. The van der Waals surface area contributed by atoms with Crippen molar-refractivity contribution < 1.29 is 31.3 Å². The Bertz CT molecular complexity index is 879.